The van der Waals surface area contributed by atoms with E-state index in [1.165, 1.54) is 11.1 Å². The van der Waals surface area contributed by atoms with E-state index in [-0.39, 0.29) is 12.2 Å². The predicted molar refractivity (Wildman–Crippen MR) is 78.2 cm³/mol. The van der Waals surface area contributed by atoms with Crippen LogP contribution in [-0.2, 0) is 13.1 Å². The van der Waals surface area contributed by atoms with Gasteiger partial charge in [-0.25, -0.2) is 0 Å². The molecule has 2 heterocycles. The zero-order chi connectivity index (χ0) is 13.9. The third-order valence-corrected chi connectivity index (χ3v) is 4.40. The number of aliphatic hydroxyl groups is 2. The number of benzene rings is 1. The Hall–Kier alpha value is -0.940. The van der Waals surface area contributed by atoms with Crippen LogP contribution in [0.15, 0.2) is 24.3 Å². The molecule has 2 fully saturated rings. The molecule has 20 heavy (non-hydrogen) atoms. The molecule has 2 unspecified atom stereocenters. The van der Waals surface area contributed by atoms with Crippen molar-refractivity contribution in [3.63, 3.8) is 0 Å². The van der Waals surface area contributed by atoms with Gasteiger partial charge < -0.3 is 10.2 Å². The van der Waals surface area contributed by atoms with Crippen molar-refractivity contribution in [1.82, 2.24) is 9.80 Å². The summed E-state index contributed by atoms with van der Waals surface area (Å²) in [4.78, 5) is 4.64. The van der Waals surface area contributed by atoms with Crippen LogP contribution >= 0.6 is 0 Å². The Balaban J connectivity index is 1.65. The quantitative estimate of drug-likeness (QED) is 0.855. The van der Waals surface area contributed by atoms with E-state index >= 15 is 0 Å². The van der Waals surface area contributed by atoms with Gasteiger partial charge >= 0.3 is 0 Å². The maximum atomic E-state index is 9.63. The molecule has 0 amide bonds. The van der Waals surface area contributed by atoms with Crippen molar-refractivity contribution in [2.24, 2.45) is 0 Å². The van der Waals surface area contributed by atoms with Crippen LogP contribution in [0.25, 0.3) is 0 Å². The summed E-state index contributed by atoms with van der Waals surface area (Å²) < 4.78 is 0. The molecule has 2 N–H and O–H groups in total. The first-order chi connectivity index (χ1) is 9.70. The van der Waals surface area contributed by atoms with Crippen molar-refractivity contribution in [2.75, 3.05) is 26.2 Å². The first-order valence-electron chi connectivity index (χ1n) is 7.58. The average molecular weight is 276 g/mol. The Bertz CT molecular complexity index is 411. The molecule has 0 bridgehead atoms. The molecule has 0 spiro atoms. The van der Waals surface area contributed by atoms with Crippen LogP contribution in [0.1, 0.15) is 24.0 Å². The minimum absolute atomic E-state index is 0.157. The molecule has 0 saturated carbocycles. The Morgan fingerprint density at radius 3 is 1.65 bits per heavy atom. The van der Waals surface area contributed by atoms with Crippen LogP contribution in [0, 0.1) is 0 Å². The van der Waals surface area contributed by atoms with E-state index in [0.717, 1.165) is 52.1 Å². The Morgan fingerprint density at radius 2 is 1.30 bits per heavy atom. The number of rotatable bonds is 4. The summed E-state index contributed by atoms with van der Waals surface area (Å²) in [7, 11) is 0. The third-order valence-electron chi connectivity index (χ3n) is 4.40. The zero-order valence-corrected chi connectivity index (χ0v) is 11.9. The monoisotopic (exact) mass is 276 g/mol. The smallest absolute Gasteiger partial charge is 0.0679 e. The SMILES string of the molecule is OC1CCN(Cc2ccccc2CN2CCC(O)C2)C1. The van der Waals surface area contributed by atoms with Crippen molar-refractivity contribution in [1.29, 1.82) is 0 Å². The molecule has 2 aliphatic heterocycles. The van der Waals surface area contributed by atoms with Crippen molar-refractivity contribution in [3.05, 3.63) is 35.4 Å². The molecule has 0 aromatic heterocycles. The minimum atomic E-state index is -0.157. The highest BCUT2D eigenvalue weighted by atomic mass is 16.3. The first kappa shape index (κ1) is 14.0. The van der Waals surface area contributed by atoms with Crippen LogP contribution < -0.4 is 0 Å². The standard InChI is InChI=1S/C16H24N2O2/c19-15-5-7-17(11-15)9-13-3-1-2-4-14(13)10-18-8-6-16(20)12-18/h1-4,15-16,19-20H,5-12H2. The van der Waals surface area contributed by atoms with E-state index in [9.17, 15) is 10.2 Å². The molecule has 110 valence electrons. The van der Waals surface area contributed by atoms with Crippen LogP contribution in [0.4, 0.5) is 0 Å². The molecule has 4 nitrogen and oxygen atoms in total. The summed E-state index contributed by atoms with van der Waals surface area (Å²) in [6.07, 6.45) is 1.47. The van der Waals surface area contributed by atoms with Gasteiger partial charge in [0.2, 0.25) is 0 Å². The van der Waals surface area contributed by atoms with Gasteiger partial charge in [-0.1, -0.05) is 24.3 Å². The molecule has 0 aliphatic carbocycles. The molecule has 2 saturated heterocycles. The third kappa shape index (κ3) is 3.38. The fourth-order valence-corrected chi connectivity index (χ4v) is 3.26. The lowest BCUT2D eigenvalue weighted by atomic mass is 10.1. The summed E-state index contributed by atoms with van der Waals surface area (Å²) in [5.74, 6) is 0. The Kier molecular flexibility index (Phi) is 4.36. The lowest BCUT2D eigenvalue weighted by molar-refractivity contribution is 0.172. The fourth-order valence-electron chi connectivity index (χ4n) is 3.26. The maximum Gasteiger partial charge on any atom is 0.0679 e. The number of hydrogen-bond donors (Lipinski definition) is 2. The summed E-state index contributed by atoms with van der Waals surface area (Å²) in [5.41, 5.74) is 2.70. The van der Waals surface area contributed by atoms with E-state index in [1.54, 1.807) is 0 Å². The number of aliphatic hydroxyl groups excluding tert-OH is 2. The van der Waals surface area contributed by atoms with Gasteiger partial charge in [0.05, 0.1) is 12.2 Å². The van der Waals surface area contributed by atoms with E-state index in [2.05, 4.69) is 34.1 Å². The number of β-amino-alcohol motifs (C(OH)–C–C–N with tert-alkyl or cyclic N) is 2. The van der Waals surface area contributed by atoms with Gasteiger partial charge in [-0.15, -0.1) is 0 Å². The highest BCUT2D eigenvalue weighted by Gasteiger charge is 2.23. The predicted octanol–water partition coefficient (Wildman–Crippen LogP) is 0.820. The van der Waals surface area contributed by atoms with Crippen LogP contribution in [0.2, 0.25) is 0 Å². The van der Waals surface area contributed by atoms with Gasteiger partial charge in [0, 0.05) is 39.3 Å². The molecule has 0 radical (unpaired) electrons. The Morgan fingerprint density at radius 1 is 0.850 bits per heavy atom. The summed E-state index contributed by atoms with van der Waals surface area (Å²) >= 11 is 0. The van der Waals surface area contributed by atoms with Crippen molar-refractivity contribution < 1.29 is 10.2 Å². The van der Waals surface area contributed by atoms with Gasteiger partial charge in [-0.2, -0.15) is 0 Å². The summed E-state index contributed by atoms with van der Waals surface area (Å²) in [5, 5.41) is 19.3. The van der Waals surface area contributed by atoms with Crippen LogP contribution in [0.3, 0.4) is 0 Å². The van der Waals surface area contributed by atoms with E-state index in [4.69, 9.17) is 0 Å². The molecule has 3 rings (SSSR count). The number of likely N-dealkylation sites (tertiary alicyclic amines) is 2. The van der Waals surface area contributed by atoms with Crippen molar-refractivity contribution in [3.8, 4) is 0 Å². The first-order valence-corrected chi connectivity index (χ1v) is 7.58. The van der Waals surface area contributed by atoms with Gasteiger partial charge in [-0.3, -0.25) is 9.80 Å². The average Bonchev–Trinajstić information content (AvgIpc) is 3.01. The topological polar surface area (TPSA) is 46.9 Å². The number of hydrogen-bond acceptors (Lipinski definition) is 4. The molecule has 1 aromatic carbocycles. The number of nitrogens with zero attached hydrogens (tertiary/aromatic N) is 2. The van der Waals surface area contributed by atoms with Gasteiger partial charge in [0.1, 0.15) is 0 Å². The maximum absolute atomic E-state index is 9.63. The van der Waals surface area contributed by atoms with Crippen molar-refractivity contribution in [2.45, 2.75) is 38.1 Å². The summed E-state index contributed by atoms with van der Waals surface area (Å²) in [6.45, 7) is 5.39. The molecular formula is C16H24N2O2. The van der Waals surface area contributed by atoms with E-state index in [1.807, 2.05) is 0 Å². The normalized spacial score (nSPS) is 28.3. The lowest BCUT2D eigenvalue weighted by Crippen LogP contribution is -2.25. The van der Waals surface area contributed by atoms with E-state index < -0.39 is 0 Å². The highest BCUT2D eigenvalue weighted by molar-refractivity contribution is 5.27. The molecule has 1 aromatic rings. The van der Waals surface area contributed by atoms with Gasteiger partial charge in [0.15, 0.2) is 0 Å². The van der Waals surface area contributed by atoms with Crippen molar-refractivity contribution >= 4 is 0 Å². The highest BCUT2D eigenvalue weighted by Crippen LogP contribution is 2.19. The van der Waals surface area contributed by atoms with Gasteiger partial charge in [0.25, 0.3) is 0 Å². The second kappa shape index (κ2) is 6.22. The fraction of sp³-hybridized carbons (Fsp3) is 0.625. The lowest BCUT2D eigenvalue weighted by Gasteiger charge is -2.21. The second-order valence-corrected chi connectivity index (χ2v) is 6.12. The summed E-state index contributed by atoms with van der Waals surface area (Å²) in [6, 6.07) is 8.55. The molecular weight excluding hydrogens is 252 g/mol. The van der Waals surface area contributed by atoms with Gasteiger partial charge in [-0.05, 0) is 24.0 Å². The molecule has 4 heteroatoms. The molecule has 2 atom stereocenters. The zero-order valence-electron chi connectivity index (χ0n) is 11.9. The Labute approximate surface area is 120 Å². The largest absolute Gasteiger partial charge is 0.392 e. The van der Waals surface area contributed by atoms with Crippen LogP contribution in [-0.4, -0.2) is 58.4 Å². The molecule has 2 aliphatic rings. The van der Waals surface area contributed by atoms with Crippen LogP contribution in [0.5, 0.6) is 0 Å². The minimum Gasteiger partial charge on any atom is -0.392 e. The van der Waals surface area contributed by atoms with E-state index in [0.29, 0.717) is 0 Å². The second-order valence-electron chi connectivity index (χ2n) is 6.12.